The van der Waals surface area contributed by atoms with Crippen molar-refractivity contribution in [2.45, 2.75) is 19.4 Å². The van der Waals surface area contributed by atoms with Crippen LogP contribution in [-0.4, -0.2) is 29.9 Å². The molecule has 17 heavy (non-hydrogen) atoms. The smallest absolute Gasteiger partial charge is 0.314 e. The van der Waals surface area contributed by atoms with Crippen LogP contribution in [0.5, 0.6) is 11.5 Å². The van der Waals surface area contributed by atoms with Gasteiger partial charge in [-0.2, -0.15) is 0 Å². The third-order valence-corrected chi connectivity index (χ3v) is 2.16. The van der Waals surface area contributed by atoms with E-state index in [-0.39, 0.29) is 18.0 Å². The number of ether oxygens (including phenoxy) is 2. The van der Waals surface area contributed by atoms with E-state index < -0.39 is 11.0 Å². The molecule has 0 heterocycles. The summed E-state index contributed by atoms with van der Waals surface area (Å²) in [7, 11) is 1.44. The second kappa shape index (κ2) is 6.05. The molecule has 94 valence electrons. The number of nitrogens with zero attached hydrogens (tertiary/aromatic N) is 1. The minimum absolute atomic E-state index is 0.144. The summed E-state index contributed by atoms with van der Waals surface area (Å²) >= 11 is 0. The van der Waals surface area contributed by atoms with Crippen LogP contribution < -0.4 is 9.47 Å². The first kappa shape index (κ1) is 13.2. The van der Waals surface area contributed by atoms with Gasteiger partial charge in [0.05, 0.1) is 30.8 Å². The van der Waals surface area contributed by atoms with Crippen LogP contribution in [-0.2, 0) is 0 Å². The maximum atomic E-state index is 10.8. The fourth-order valence-corrected chi connectivity index (χ4v) is 1.23. The van der Waals surface area contributed by atoms with Crippen molar-refractivity contribution in [1.29, 1.82) is 0 Å². The summed E-state index contributed by atoms with van der Waals surface area (Å²) in [5.74, 6) is 0.580. The zero-order valence-electron chi connectivity index (χ0n) is 9.75. The number of rotatable bonds is 6. The maximum Gasteiger partial charge on any atom is 0.314 e. The van der Waals surface area contributed by atoms with Gasteiger partial charge in [0.1, 0.15) is 5.75 Å². The fourth-order valence-electron chi connectivity index (χ4n) is 1.23. The molecule has 1 aromatic rings. The van der Waals surface area contributed by atoms with E-state index in [1.165, 1.54) is 19.2 Å². The van der Waals surface area contributed by atoms with E-state index in [1.807, 2.05) is 0 Å². The van der Waals surface area contributed by atoms with Crippen LogP contribution in [0.3, 0.4) is 0 Å². The van der Waals surface area contributed by atoms with E-state index in [0.29, 0.717) is 12.2 Å². The largest absolute Gasteiger partial charge is 0.496 e. The lowest BCUT2D eigenvalue weighted by Crippen LogP contribution is -2.08. The van der Waals surface area contributed by atoms with Crippen molar-refractivity contribution < 1.29 is 19.5 Å². The van der Waals surface area contributed by atoms with Crippen LogP contribution >= 0.6 is 0 Å². The Bertz CT molecular complexity index is 391. The topological polar surface area (TPSA) is 81.8 Å². The molecule has 0 saturated heterocycles. The Morgan fingerprint density at radius 2 is 2.24 bits per heavy atom. The molecule has 0 aliphatic carbocycles. The molecule has 0 spiro atoms. The molecule has 0 amide bonds. The van der Waals surface area contributed by atoms with E-state index in [0.717, 1.165) is 0 Å². The number of benzene rings is 1. The molecular formula is C11H15NO5. The van der Waals surface area contributed by atoms with Gasteiger partial charge < -0.3 is 14.6 Å². The number of nitro groups is 1. The highest BCUT2D eigenvalue weighted by atomic mass is 16.6. The van der Waals surface area contributed by atoms with Gasteiger partial charge in [-0.3, -0.25) is 10.1 Å². The molecule has 6 heteroatoms. The van der Waals surface area contributed by atoms with Crippen LogP contribution in [0.1, 0.15) is 13.3 Å². The van der Waals surface area contributed by atoms with Crippen LogP contribution in [0.4, 0.5) is 5.69 Å². The monoisotopic (exact) mass is 241 g/mol. The molecule has 0 saturated carbocycles. The first-order valence-corrected chi connectivity index (χ1v) is 5.18. The van der Waals surface area contributed by atoms with Crippen molar-refractivity contribution in [3.05, 3.63) is 28.3 Å². The van der Waals surface area contributed by atoms with E-state index in [9.17, 15) is 10.1 Å². The second-order valence-corrected chi connectivity index (χ2v) is 3.58. The normalized spacial score (nSPS) is 11.9. The first-order valence-electron chi connectivity index (χ1n) is 5.18. The lowest BCUT2D eigenvalue weighted by molar-refractivity contribution is -0.386. The number of aliphatic hydroxyl groups is 1. The number of aliphatic hydroxyl groups excluding tert-OH is 1. The van der Waals surface area contributed by atoms with Gasteiger partial charge in [-0.15, -0.1) is 0 Å². The van der Waals surface area contributed by atoms with Crippen LogP contribution in [0.25, 0.3) is 0 Å². The van der Waals surface area contributed by atoms with E-state index in [1.54, 1.807) is 13.0 Å². The Kier molecular flexibility index (Phi) is 4.71. The third-order valence-electron chi connectivity index (χ3n) is 2.16. The highest BCUT2D eigenvalue weighted by molar-refractivity contribution is 5.50. The Morgan fingerprint density at radius 3 is 2.76 bits per heavy atom. The SMILES string of the molecule is COc1ccc(OCCC(C)O)c([N+](=O)[O-])c1. The summed E-state index contributed by atoms with van der Waals surface area (Å²) in [4.78, 5) is 10.3. The van der Waals surface area contributed by atoms with Crippen LogP contribution in [0, 0.1) is 10.1 Å². The summed E-state index contributed by atoms with van der Waals surface area (Å²) in [6, 6.07) is 4.38. The summed E-state index contributed by atoms with van der Waals surface area (Å²) in [5, 5.41) is 19.9. The number of hydrogen-bond acceptors (Lipinski definition) is 5. The average Bonchev–Trinajstić information content (AvgIpc) is 2.28. The summed E-state index contributed by atoms with van der Waals surface area (Å²) < 4.78 is 10.2. The van der Waals surface area contributed by atoms with Gasteiger partial charge in [-0.1, -0.05) is 0 Å². The fraction of sp³-hybridized carbons (Fsp3) is 0.455. The zero-order valence-corrected chi connectivity index (χ0v) is 9.75. The van der Waals surface area contributed by atoms with E-state index in [4.69, 9.17) is 14.6 Å². The van der Waals surface area contributed by atoms with Gasteiger partial charge in [0.15, 0.2) is 5.75 Å². The van der Waals surface area contributed by atoms with Crippen molar-refractivity contribution in [2.75, 3.05) is 13.7 Å². The van der Waals surface area contributed by atoms with Crippen molar-refractivity contribution in [1.82, 2.24) is 0 Å². The highest BCUT2D eigenvalue weighted by Gasteiger charge is 2.16. The lowest BCUT2D eigenvalue weighted by Gasteiger charge is -2.08. The van der Waals surface area contributed by atoms with E-state index >= 15 is 0 Å². The van der Waals surface area contributed by atoms with Crippen LogP contribution in [0.2, 0.25) is 0 Å². The average molecular weight is 241 g/mol. The van der Waals surface area contributed by atoms with Gasteiger partial charge in [0.2, 0.25) is 0 Å². The molecule has 1 unspecified atom stereocenters. The number of hydrogen-bond donors (Lipinski definition) is 1. The predicted octanol–water partition coefficient (Wildman–Crippen LogP) is 1.75. The Labute approximate surface area is 98.9 Å². The van der Waals surface area contributed by atoms with Crippen molar-refractivity contribution >= 4 is 5.69 Å². The molecule has 0 bridgehead atoms. The molecular weight excluding hydrogens is 226 g/mol. The third kappa shape index (κ3) is 3.92. The standard InChI is InChI=1S/C11H15NO5/c1-8(13)5-6-17-11-4-3-9(16-2)7-10(11)12(14)15/h3-4,7-8,13H,5-6H2,1-2H3. The minimum Gasteiger partial charge on any atom is -0.496 e. The Balaban J connectivity index is 2.80. The molecule has 0 aliphatic heterocycles. The molecule has 1 atom stereocenters. The summed E-state index contributed by atoms with van der Waals surface area (Å²) in [6.45, 7) is 1.86. The molecule has 6 nitrogen and oxygen atoms in total. The molecule has 0 aliphatic rings. The molecule has 1 rings (SSSR count). The second-order valence-electron chi connectivity index (χ2n) is 3.58. The summed E-state index contributed by atoms with van der Waals surface area (Å²) in [5.41, 5.74) is -0.144. The Morgan fingerprint density at radius 1 is 1.53 bits per heavy atom. The van der Waals surface area contributed by atoms with Crippen molar-refractivity contribution in [3.63, 3.8) is 0 Å². The number of methoxy groups -OCH3 is 1. The summed E-state index contributed by atoms with van der Waals surface area (Å²) in [6.07, 6.45) is -0.0734. The van der Waals surface area contributed by atoms with E-state index in [2.05, 4.69) is 0 Å². The molecule has 0 fully saturated rings. The maximum absolute atomic E-state index is 10.8. The van der Waals surface area contributed by atoms with Crippen LogP contribution in [0.15, 0.2) is 18.2 Å². The Hall–Kier alpha value is -1.82. The molecule has 1 aromatic carbocycles. The van der Waals surface area contributed by atoms with Crippen molar-refractivity contribution in [3.8, 4) is 11.5 Å². The van der Waals surface area contributed by atoms with Gasteiger partial charge in [0.25, 0.3) is 0 Å². The van der Waals surface area contributed by atoms with Crippen molar-refractivity contribution in [2.24, 2.45) is 0 Å². The number of nitro benzene ring substituents is 1. The predicted molar refractivity (Wildman–Crippen MR) is 61.4 cm³/mol. The van der Waals surface area contributed by atoms with Gasteiger partial charge in [0, 0.05) is 6.42 Å². The molecule has 0 aromatic heterocycles. The minimum atomic E-state index is -0.528. The van der Waals surface area contributed by atoms with Gasteiger partial charge in [-0.05, 0) is 19.1 Å². The van der Waals surface area contributed by atoms with Gasteiger partial charge in [-0.25, -0.2) is 0 Å². The van der Waals surface area contributed by atoms with Gasteiger partial charge >= 0.3 is 5.69 Å². The quantitative estimate of drug-likeness (QED) is 0.606. The first-order chi connectivity index (χ1) is 8.04. The highest BCUT2D eigenvalue weighted by Crippen LogP contribution is 2.31. The zero-order chi connectivity index (χ0) is 12.8. The lowest BCUT2D eigenvalue weighted by atomic mass is 10.2. The molecule has 1 N–H and O–H groups in total. The molecule has 0 radical (unpaired) electrons.